The highest BCUT2D eigenvalue weighted by Gasteiger charge is 2.31. The minimum absolute atomic E-state index is 0.0440. The zero-order chi connectivity index (χ0) is 22.1. The van der Waals surface area contributed by atoms with E-state index in [1.807, 2.05) is 4.90 Å². The SMILES string of the molecule is COCCN1CCN(c2c(F)cc3c(=O)c(OC(=O)O)cn(C4CC4)c3c2OC)CC1. The van der Waals surface area contributed by atoms with Crippen LogP contribution in [-0.4, -0.2) is 74.3 Å². The largest absolute Gasteiger partial charge is 0.511 e. The van der Waals surface area contributed by atoms with Crippen LogP contribution < -0.4 is 19.8 Å². The van der Waals surface area contributed by atoms with E-state index in [1.165, 1.54) is 19.4 Å². The summed E-state index contributed by atoms with van der Waals surface area (Å²) in [7, 11) is 3.12. The van der Waals surface area contributed by atoms with Gasteiger partial charge in [0.1, 0.15) is 5.69 Å². The second kappa shape index (κ2) is 8.72. The van der Waals surface area contributed by atoms with E-state index in [9.17, 15) is 9.59 Å². The number of benzene rings is 1. The summed E-state index contributed by atoms with van der Waals surface area (Å²) < 4.78 is 32.5. The molecule has 1 N–H and O–H groups in total. The predicted octanol–water partition coefficient (Wildman–Crippen LogP) is 2.31. The van der Waals surface area contributed by atoms with Crippen LogP contribution in [0.3, 0.4) is 0 Å². The van der Waals surface area contributed by atoms with Gasteiger partial charge in [0, 0.05) is 45.9 Å². The molecular weight excluding hydrogens is 409 g/mol. The van der Waals surface area contributed by atoms with Crippen molar-refractivity contribution in [3.05, 3.63) is 28.3 Å². The standard InChI is InChI=1S/C21H26FN3O6/c1-29-10-9-23-5-7-24(8-6-23)18-15(22)11-14-17(20(18)30-2)25(13-3-4-13)12-16(19(14)26)31-21(27)28/h11-13H,3-10H2,1-2H3,(H,27,28). The summed E-state index contributed by atoms with van der Waals surface area (Å²) in [6.07, 6.45) is 1.55. The average Bonchev–Trinajstić information content (AvgIpc) is 3.59. The van der Waals surface area contributed by atoms with Crippen LogP contribution in [0.25, 0.3) is 10.9 Å². The summed E-state index contributed by atoms with van der Waals surface area (Å²) in [6.45, 7) is 4.18. The molecule has 0 amide bonds. The fraction of sp³-hybridized carbons (Fsp3) is 0.524. The zero-order valence-electron chi connectivity index (χ0n) is 17.6. The van der Waals surface area contributed by atoms with Gasteiger partial charge in [0.25, 0.3) is 0 Å². The molecular formula is C21H26FN3O6. The molecule has 1 aliphatic carbocycles. The quantitative estimate of drug-likeness (QED) is 0.663. The summed E-state index contributed by atoms with van der Waals surface area (Å²) in [6, 6.07) is 1.25. The summed E-state index contributed by atoms with van der Waals surface area (Å²) in [5.74, 6) is -0.638. The van der Waals surface area contributed by atoms with Crippen molar-refractivity contribution in [1.29, 1.82) is 0 Å². The molecule has 9 nitrogen and oxygen atoms in total. The summed E-state index contributed by atoms with van der Waals surface area (Å²) >= 11 is 0. The number of halogens is 1. The normalized spacial score (nSPS) is 17.2. The van der Waals surface area contributed by atoms with Crippen molar-refractivity contribution in [2.45, 2.75) is 18.9 Å². The highest BCUT2D eigenvalue weighted by Crippen LogP contribution is 2.44. The fourth-order valence-electron chi connectivity index (χ4n) is 4.13. The molecule has 31 heavy (non-hydrogen) atoms. The molecule has 2 heterocycles. The van der Waals surface area contributed by atoms with Crippen molar-refractivity contribution in [3.63, 3.8) is 0 Å². The first kappa shape index (κ1) is 21.4. The molecule has 1 aromatic heterocycles. The van der Waals surface area contributed by atoms with E-state index in [2.05, 4.69) is 9.64 Å². The molecule has 1 saturated heterocycles. The lowest BCUT2D eigenvalue weighted by molar-refractivity contribution is 0.143. The van der Waals surface area contributed by atoms with Gasteiger partial charge in [0.15, 0.2) is 17.3 Å². The molecule has 2 fully saturated rings. The second-order valence-corrected chi connectivity index (χ2v) is 7.79. The Labute approximate surface area is 178 Å². The smallest absolute Gasteiger partial charge is 0.492 e. The number of hydrogen-bond donors (Lipinski definition) is 1. The summed E-state index contributed by atoms with van der Waals surface area (Å²) in [5, 5.41) is 9.01. The van der Waals surface area contributed by atoms with E-state index in [0.717, 1.165) is 32.5 Å². The number of carbonyl (C=O) groups is 1. The molecule has 168 valence electrons. The van der Waals surface area contributed by atoms with E-state index >= 15 is 4.39 Å². The van der Waals surface area contributed by atoms with Crippen LogP contribution in [0.5, 0.6) is 11.5 Å². The Morgan fingerprint density at radius 1 is 1.23 bits per heavy atom. The lowest BCUT2D eigenvalue weighted by Crippen LogP contribution is -2.47. The van der Waals surface area contributed by atoms with Gasteiger partial charge in [0.05, 0.1) is 30.8 Å². The monoisotopic (exact) mass is 435 g/mol. The fourth-order valence-corrected chi connectivity index (χ4v) is 4.13. The third kappa shape index (κ3) is 4.17. The van der Waals surface area contributed by atoms with Crippen LogP contribution in [0.2, 0.25) is 0 Å². The number of nitrogens with zero attached hydrogens (tertiary/aromatic N) is 3. The molecule has 2 aliphatic rings. The Hall–Kier alpha value is -2.85. The third-order valence-electron chi connectivity index (χ3n) is 5.81. The minimum atomic E-state index is -1.59. The molecule has 0 bridgehead atoms. The summed E-state index contributed by atoms with van der Waals surface area (Å²) in [4.78, 5) is 28.0. The molecule has 1 aromatic carbocycles. The second-order valence-electron chi connectivity index (χ2n) is 7.79. The van der Waals surface area contributed by atoms with E-state index in [4.69, 9.17) is 14.6 Å². The number of anilines is 1. The van der Waals surface area contributed by atoms with Gasteiger partial charge in [-0.1, -0.05) is 0 Å². The predicted molar refractivity (Wildman–Crippen MR) is 112 cm³/mol. The number of aromatic nitrogens is 1. The number of ether oxygens (including phenoxy) is 3. The van der Waals surface area contributed by atoms with E-state index in [1.54, 1.807) is 11.7 Å². The Kier molecular flexibility index (Phi) is 6.01. The molecule has 1 aliphatic heterocycles. The lowest BCUT2D eigenvalue weighted by Gasteiger charge is -2.37. The van der Waals surface area contributed by atoms with Crippen LogP contribution in [0.1, 0.15) is 18.9 Å². The maximum absolute atomic E-state index is 15.3. The van der Waals surface area contributed by atoms with Gasteiger partial charge < -0.3 is 28.8 Å². The van der Waals surface area contributed by atoms with Crippen LogP contribution in [0.15, 0.2) is 17.1 Å². The molecule has 1 saturated carbocycles. The average molecular weight is 435 g/mol. The minimum Gasteiger partial charge on any atom is -0.492 e. The molecule has 0 radical (unpaired) electrons. The van der Waals surface area contributed by atoms with Crippen LogP contribution in [0.4, 0.5) is 14.9 Å². The van der Waals surface area contributed by atoms with Crippen LogP contribution in [0, 0.1) is 5.82 Å². The van der Waals surface area contributed by atoms with E-state index < -0.39 is 17.4 Å². The number of rotatable bonds is 7. The lowest BCUT2D eigenvalue weighted by atomic mass is 10.1. The number of pyridine rings is 1. The Balaban J connectivity index is 1.79. The van der Waals surface area contributed by atoms with Crippen molar-refractivity contribution < 1.29 is 28.5 Å². The van der Waals surface area contributed by atoms with Crippen molar-refractivity contribution >= 4 is 22.7 Å². The number of fused-ring (bicyclic) bond motifs is 1. The highest BCUT2D eigenvalue weighted by atomic mass is 19.1. The Morgan fingerprint density at radius 3 is 2.52 bits per heavy atom. The molecule has 4 rings (SSSR count). The number of hydrogen-bond acceptors (Lipinski definition) is 7. The molecule has 0 unspecified atom stereocenters. The van der Waals surface area contributed by atoms with Gasteiger partial charge in [0.2, 0.25) is 5.43 Å². The Bertz CT molecular complexity index is 1040. The van der Waals surface area contributed by atoms with E-state index in [-0.39, 0.29) is 22.9 Å². The van der Waals surface area contributed by atoms with Crippen molar-refractivity contribution in [1.82, 2.24) is 9.47 Å². The number of methoxy groups -OCH3 is 2. The summed E-state index contributed by atoms with van der Waals surface area (Å²) in [5.41, 5.74) is 0.107. The first-order valence-corrected chi connectivity index (χ1v) is 10.3. The van der Waals surface area contributed by atoms with Gasteiger partial charge >= 0.3 is 6.16 Å². The maximum atomic E-state index is 15.3. The highest BCUT2D eigenvalue weighted by molar-refractivity contribution is 5.92. The van der Waals surface area contributed by atoms with Gasteiger partial charge in [-0.15, -0.1) is 0 Å². The Morgan fingerprint density at radius 2 is 1.94 bits per heavy atom. The first-order valence-electron chi connectivity index (χ1n) is 10.3. The van der Waals surface area contributed by atoms with Gasteiger partial charge in [-0.2, -0.15) is 0 Å². The molecule has 0 atom stereocenters. The van der Waals surface area contributed by atoms with Gasteiger partial charge in [-0.25, -0.2) is 9.18 Å². The zero-order valence-corrected chi connectivity index (χ0v) is 17.6. The van der Waals surface area contributed by atoms with Gasteiger partial charge in [-0.05, 0) is 18.9 Å². The topological polar surface area (TPSA) is 93.5 Å². The number of piperazine rings is 1. The van der Waals surface area contributed by atoms with Crippen molar-refractivity contribution in [2.24, 2.45) is 0 Å². The van der Waals surface area contributed by atoms with Crippen molar-refractivity contribution in [2.75, 3.05) is 58.5 Å². The first-order chi connectivity index (χ1) is 14.9. The molecule has 2 aromatic rings. The van der Waals surface area contributed by atoms with Crippen molar-refractivity contribution in [3.8, 4) is 11.5 Å². The number of carboxylic acid groups (broad SMARTS) is 1. The van der Waals surface area contributed by atoms with Gasteiger partial charge in [-0.3, -0.25) is 9.69 Å². The molecule has 0 spiro atoms. The van der Waals surface area contributed by atoms with E-state index in [0.29, 0.717) is 30.9 Å². The van der Waals surface area contributed by atoms with Crippen LogP contribution in [-0.2, 0) is 4.74 Å². The maximum Gasteiger partial charge on any atom is 0.511 e. The van der Waals surface area contributed by atoms with Crippen LogP contribution >= 0.6 is 0 Å². The molecule has 10 heteroatoms. The third-order valence-corrected chi connectivity index (χ3v) is 5.81.